The van der Waals surface area contributed by atoms with Crippen LogP contribution in [0.4, 0.5) is 4.39 Å². The van der Waals surface area contributed by atoms with Gasteiger partial charge in [-0.05, 0) is 47.5 Å². The minimum absolute atomic E-state index is 0. The fourth-order valence-corrected chi connectivity index (χ4v) is 3.15. The van der Waals surface area contributed by atoms with E-state index in [0.29, 0.717) is 11.2 Å². The van der Waals surface area contributed by atoms with Crippen LogP contribution in [0.15, 0.2) is 72.8 Å². The van der Waals surface area contributed by atoms with Crippen LogP contribution in [-0.2, 0) is 0 Å². The van der Waals surface area contributed by atoms with Gasteiger partial charge in [-0.15, -0.1) is 0 Å². The molecule has 0 spiro atoms. The van der Waals surface area contributed by atoms with Gasteiger partial charge in [0.2, 0.25) is 0 Å². The smallest absolute Gasteiger partial charge is 0.545 e. The van der Waals surface area contributed by atoms with E-state index in [2.05, 4.69) is 4.98 Å². The molecule has 0 aliphatic rings. The Morgan fingerprint density at radius 2 is 1.66 bits per heavy atom. The van der Waals surface area contributed by atoms with Crippen LogP contribution in [-0.4, -0.2) is 18.1 Å². The van der Waals surface area contributed by atoms with E-state index in [1.165, 1.54) is 18.2 Å². The Kier molecular flexibility index (Phi) is 6.33. The number of aromatic carboxylic acids is 1. The monoisotopic (exact) mass is 395 g/mol. The zero-order chi connectivity index (χ0) is 19.7. The fraction of sp³-hybridized carbons (Fsp3) is 0.0435. The van der Waals surface area contributed by atoms with Gasteiger partial charge in [0.15, 0.2) is 0 Å². The first-order valence-corrected chi connectivity index (χ1v) is 8.61. The average Bonchev–Trinajstić information content (AvgIpc) is 2.73. The molecule has 1 aromatic heterocycles. The second-order valence-corrected chi connectivity index (χ2v) is 6.31. The summed E-state index contributed by atoms with van der Waals surface area (Å²) >= 11 is 0. The Morgan fingerprint density at radius 1 is 0.931 bits per heavy atom. The molecule has 0 N–H and O–H groups in total. The van der Waals surface area contributed by atoms with Crippen molar-refractivity contribution < 1.29 is 48.6 Å². The molecule has 0 bridgehead atoms. The molecule has 0 radical (unpaired) electrons. The SMILES string of the molecule is COc1cccc(-c2ccc(-c3cc(C(=O)[O-])c4cc(F)ccc4n3)cc2)c1.[Na+]. The van der Waals surface area contributed by atoms with Crippen molar-refractivity contribution in [3.8, 4) is 28.1 Å². The van der Waals surface area contributed by atoms with Gasteiger partial charge < -0.3 is 14.6 Å². The molecular formula is C23H15FNNaO3. The van der Waals surface area contributed by atoms with Crippen molar-refractivity contribution in [3.63, 3.8) is 0 Å². The number of fused-ring (bicyclic) bond motifs is 1. The maximum atomic E-state index is 13.5. The van der Waals surface area contributed by atoms with Crippen LogP contribution in [0.25, 0.3) is 33.3 Å². The summed E-state index contributed by atoms with van der Waals surface area (Å²) in [5, 5.41) is 11.8. The zero-order valence-electron chi connectivity index (χ0n) is 16.0. The molecule has 1 heterocycles. The summed E-state index contributed by atoms with van der Waals surface area (Å²) < 4.78 is 18.8. The van der Waals surface area contributed by atoms with Crippen molar-refractivity contribution >= 4 is 16.9 Å². The molecule has 0 aliphatic carbocycles. The van der Waals surface area contributed by atoms with E-state index >= 15 is 0 Å². The number of aromatic nitrogens is 1. The molecule has 0 atom stereocenters. The van der Waals surface area contributed by atoms with E-state index in [9.17, 15) is 14.3 Å². The largest absolute Gasteiger partial charge is 1.00 e. The molecule has 29 heavy (non-hydrogen) atoms. The molecule has 0 aliphatic heterocycles. The number of benzene rings is 3. The van der Waals surface area contributed by atoms with Crippen LogP contribution in [0, 0.1) is 5.82 Å². The van der Waals surface area contributed by atoms with Crippen molar-refractivity contribution in [1.82, 2.24) is 4.98 Å². The Labute approximate surface area is 189 Å². The van der Waals surface area contributed by atoms with Gasteiger partial charge in [0, 0.05) is 16.5 Å². The van der Waals surface area contributed by atoms with Gasteiger partial charge in [-0.3, -0.25) is 0 Å². The Hall–Kier alpha value is -2.73. The summed E-state index contributed by atoms with van der Waals surface area (Å²) in [5.41, 5.74) is 3.54. The van der Waals surface area contributed by atoms with Gasteiger partial charge >= 0.3 is 29.6 Å². The van der Waals surface area contributed by atoms with Crippen LogP contribution in [0.5, 0.6) is 5.75 Å². The maximum Gasteiger partial charge on any atom is 1.00 e. The molecule has 4 rings (SSSR count). The number of hydrogen-bond donors (Lipinski definition) is 0. The number of carbonyl (C=O) groups excluding carboxylic acids is 1. The number of carboxylic acids is 1. The molecule has 3 aromatic carbocycles. The summed E-state index contributed by atoms with van der Waals surface area (Å²) in [4.78, 5) is 16.0. The third-order valence-electron chi connectivity index (χ3n) is 4.57. The van der Waals surface area contributed by atoms with Crippen molar-refractivity contribution in [2.75, 3.05) is 7.11 Å². The number of carboxylic acid groups (broad SMARTS) is 1. The molecular weight excluding hydrogens is 380 g/mol. The number of nitrogens with zero attached hydrogens (tertiary/aromatic N) is 1. The van der Waals surface area contributed by atoms with Crippen LogP contribution in [0.1, 0.15) is 10.4 Å². The summed E-state index contributed by atoms with van der Waals surface area (Å²) in [6.45, 7) is 0. The van der Waals surface area contributed by atoms with Gasteiger partial charge in [-0.2, -0.15) is 0 Å². The summed E-state index contributed by atoms with van der Waals surface area (Å²) in [7, 11) is 1.62. The van der Waals surface area contributed by atoms with E-state index in [1.807, 2.05) is 48.5 Å². The van der Waals surface area contributed by atoms with E-state index in [-0.39, 0.29) is 40.5 Å². The summed E-state index contributed by atoms with van der Waals surface area (Å²) in [6.07, 6.45) is 0. The third-order valence-corrected chi connectivity index (χ3v) is 4.57. The van der Waals surface area contributed by atoms with Crippen LogP contribution >= 0.6 is 0 Å². The Morgan fingerprint density at radius 3 is 2.34 bits per heavy atom. The maximum absolute atomic E-state index is 13.5. The van der Waals surface area contributed by atoms with Crippen molar-refractivity contribution in [1.29, 1.82) is 0 Å². The van der Waals surface area contributed by atoms with E-state index < -0.39 is 11.8 Å². The van der Waals surface area contributed by atoms with Crippen molar-refractivity contribution in [3.05, 3.63) is 84.2 Å². The second kappa shape index (κ2) is 8.74. The van der Waals surface area contributed by atoms with Crippen LogP contribution in [0.3, 0.4) is 0 Å². The quantitative estimate of drug-likeness (QED) is 0.486. The number of methoxy groups -OCH3 is 1. The van der Waals surface area contributed by atoms with Gasteiger partial charge in [0.05, 0.1) is 24.3 Å². The van der Waals surface area contributed by atoms with E-state index in [0.717, 1.165) is 28.5 Å². The predicted molar refractivity (Wildman–Crippen MR) is 103 cm³/mol. The summed E-state index contributed by atoms with van der Waals surface area (Å²) in [5.74, 6) is -1.12. The second-order valence-electron chi connectivity index (χ2n) is 6.31. The van der Waals surface area contributed by atoms with Crippen LogP contribution < -0.4 is 39.4 Å². The summed E-state index contributed by atoms with van der Waals surface area (Å²) in [6, 6.07) is 20.6. The normalized spacial score (nSPS) is 10.4. The topological polar surface area (TPSA) is 62.2 Å². The average molecular weight is 395 g/mol. The number of carbonyl (C=O) groups is 1. The molecule has 6 heteroatoms. The first-order chi connectivity index (χ1) is 13.5. The number of hydrogen-bond acceptors (Lipinski definition) is 4. The molecule has 4 aromatic rings. The Balaban J connectivity index is 0.00000240. The first-order valence-electron chi connectivity index (χ1n) is 8.61. The molecule has 138 valence electrons. The van der Waals surface area contributed by atoms with E-state index in [1.54, 1.807) is 7.11 Å². The predicted octanol–water partition coefficient (Wildman–Crippen LogP) is 1.08. The Bertz CT molecular complexity index is 1190. The molecule has 0 saturated heterocycles. The van der Waals surface area contributed by atoms with Gasteiger partial charge in [0.25, 0.3) is 0 Å². The molecule has 0 fully saturated rings. The van der Waals surface area contributed by atoms with Gasteiger partial charge in [-0.25, -0.2) is 9.37 Å². The number of ether oxygens (including phenoxy) is 1. The van der Waals surface area contributed by atoms with Crippen molar-refractivity contribution in [2.45, 2.75) is 0 Å². The standard InChI is InChI=1S/C23H16FNO3.Na/c1-28-18-4-2-3-16(11-18)14-5-7-15(8-6-14)22-13-20(23(26)27)19-12-17(24)9-10-21(19)25-22;/h2-13H,1H3,(H,26,27);/q;+1/p-1. The van der Waals surface area contributed by atoms with Gasteiger partial charge in [0.1, 0.15) is 11.6 Å². The van der Waals surface area contributed by atoms with Crippen LogP contribution in [0.2, 0.25) is 0 Å². The molecule has 0 amide bonds. The molecule has 0 saturated carbocycles. The zero-order valence-corrected chi connectivity index (χ0v) is 18.0. The fourth-order valence-electron chi connectivity index (χ4n) is 3.15. The first kappa shape index (κ1) is 21.0. The minimum atomic E-state index is -1.37. The number of rotatable bonds is 4. The van der Waals surface area contributed by atoms with Crippen molar-refractivity contribution in [2.24, 2.45) is 0 Å². The third kappa shape index (κ3) is 4.32. The number of halogens is 1. The molecule has 0 unspecified atom stereocenters. The molecule has 4 nitrogen and oxygen atoms in total. The van der Waals surface area contributed by atoms with Gasteiger partial charge in [-0.1, -0.05) is 36.4 Å². The van der Waals surface area contributed by atoms with E-state index in [4.69, 9.17) is 4.74 Å². The number of pyridine rings is 1. The minimum Gasteiger partial charge on any atom is -0.545 e.